The van der Waals surface area contributed by atoms with E-state index in [2.05, 4.69) is 42.5 Å². The van der Waals surface area contributed by atoms with Crippen molar-refractivity contribution in [3.8, 4) is 0 Å². The second-order valence-corrected chi connectivity index (χ2v) is 15.4. The second-order valence-electron chi connectivity index (χ2n) is 15.4. The Kier molecular flexibility index (Phi) is 23.0. The minimum atomic E-state index is -1.98. The normalized spacial score (nSPS) is 14.4. The molecule has 2 aromatic rings. The Morgan fingerprint density at radius 3 is 1.33 bits per heavy atom. The van der Waals surface area contributed by atoms with Gasteiger partial charge in [0.1, 0.15) is 42.3 Å². The molecule has 67 heavy (non-hydrogen) atoms. The highest BCUT2D eigenvalue weighted by Crippen LogP contribution is 2.09. The molecule has 2 rings (SSSR count). The van der Waals surface area contributed by atoms with Crippen LogP contribution >= 0.6 is 0 Å². The van der Waals surface area contributed by atoms with Gasteiger partial charge in [0.25, 0.3) is 0 Å². The number of benzene rings is 2. The Morgan fingerprint density at radius 1 is 0.507 bits per heavy atom. The van der Waals surface area contributed by atoms with Gasteiger partial charge in [0.05, 0.1) is 38.6 Å². The van der Waals surface area contributed by atoms with Crippen molar-refractivity contribution in [2.24, 2.45) is 11.7 Å². The molecule has 8 atom stereocenters. The molecule has 2 aromatic carbocycles. The first-order valence-electron chi connectivity index (χ1n) is 20.7. The lowest BCUT2D eigenvalue weighted by molar-refractivity contribution is -0.144. The highest BCUT2D eigenvalue weighted by Gasteiger charge is 2.35. The SMILES string of the molecule is CC(C)[C@H](NC(=O)[C@H](CO)NC(=O)[C@H](CC(=O)O)NC(=O)[C@H](Cc1ccccc1)NC(=O)[C@H](CC(=O)O)NC(=O)CNC(=O)[C@@H](NC(=O)[C@H](Cc1ccccc1)NC(=O)CN)[C@@H](C)O)C(=O)O. The van der Waals surface area contributed by atoms with Gasteiger partial charge in [-0.1, -0.05) is 74.5 Å². The van der Waals surface area contributed by atoms with Gasteiger partial charge >= 0.3 is 17.9 Å². The van der Waals surface area contributed by atoms with Crippen molar-refractivity contribution in [1.82, 2.24) is 42.5 Å². The summed E-state index contributed by atoms with van der Waals surface area (Å²) in [6, 6.07) is 4.47. The summed E-state index contributed by atoms with van der Waals surface area (Å²) < 4.78 is 0. The summed E-state index contributed by atoms with van der Waals surface area (Å²) in [5, 5.41) is 66.5. The number of carboxylic acids is 3. The van der Waals surface area contributed by atoms with E-state index < -0.39 is 152 Å². The van der Waals surface area contributed by atoms with Gasteiger partial charge in [-0.05, 0) is 24.0 Å². The van der Waals surface area contributed by atoms with Crippen LogP contribution in [0.4, 0.5) is 0 Å². The molecule has 0 radical (unpaired) electrons. The molecule has 25 nitrogen and oxygen atoms in total. The van der Waals surface area contributed by atoms with E-state index in [9.17, 15) is 78.3 Å². The van der Waals surface area contributed by atoms with Gasteiger partial charge in [0.15, 0.2) is 0 Å². The number of aliphatic hydroxyl groups excluding tert-OH is 2. The summed E-state index contributed by atoms with van der Waals surface area (Å²) in [5.41, 5.74) is 6.42. The van der Waals surface area contributed by atoms with Crippen LogP contribution in [0.25, 0.3) is 0 Å². The van der Waals surface area contributed by atoms with Crippen LogP contribution in [0.5, 0.6) is 0 Å². The van der Waals surface area contributed by atoms with Crippen molar-refractivity contribution >= 4 is 65.2 Å². The first kappa shape index (κ1) is 55.6. The summed E-state index contributed by atoms with van der Waals surface area (Å²) in [5.74, 6) is -14.1. The highest BCUT2D eigenvalue weighted by atomic mass is 16.4. The number of aliphatic carboxylic acids is 3. The van der Waals surface area contributed by atoms with E-state index in [0.29, 0.717) is 11.1 Å². The average molecular weight is 944 g/mol. The lowest BCUT2D eigenvalue weighted by Crippen LogP contribution is -2.60. The maximum absolute atomic E-state index is 13.8. The van der Waals surface area contributed by atoms with Gasteiger partial charge < -0.3 is 73.8 Å². The Hall–Kier alpha value is -7.51. The van der Waals surface area contributed by atoms with Gasteiger partial charge in [-0.15, -0.1) is 0 Å². The number of carbonyl (C=O) groups is 11. The maximum Gasteiger partial charge on any atom is 0.326 e. The fourth-order valence-corrected chi connectivity index (χ4v) is 6.10. The fourth-order valence-electron chi connectivity index (χ4n) is 6.10. The molecule has 366 valence electrons. The topological polar surface area (TPSA) is 411 Å². The van der Waals surface area contributed by atoms with Gasteiger partial charge in [0.2, 0.25) is 47.3 Å². The fraction of sp³-hybridized carbons (Fsp3) is 0.452. The monoisotopic (exact) mass is 943 g/mol. The van der Waals surface area contributed by atoms with Crippen molar-refractivity contribution in [3.63, 3.8) is 0 Å². The number of nitrogens with one attached hydrogen (secondary N) is 8. The number of aliphatic hydroxyl groups is 2. The standard InChI is InChI=1S/C42H57N9O16/c1-21(2)34(42(66)67)50-40(64)29(20-52)49-38(62)28(17-33(58)59)48-36(60)26(15-24-12-8-5-9-13-24)47-37(61)27(16-32(56)57)46-31(55)19-44-41(65)35(22(3)53)51-39(63)25(45-30(54)18-43)14-23-10-6-4-7-11-23/h4-13,21-22,25-29,34-35,52-53H,14-20,43H2,1-3H3,(H,44,65)(H,45,54)(H,46,55)(H,47,61)(H,48,60)(H,49,62)(H,50,64)(H,51,63)(H,56,57)(H,58,59)(H,66,67)/t22-,25+,26+,27+,28+,29+,34+,35+/m1/s1. The van der Waals surface area contributed by atoms with E-state index >= 15 is 0 Å². The van der Waals surface area contributed by atoms with Crippen molar-refractivity contribution < 1.29 is 78.3 Å². The van der Waals surface area contributed by atoms with Crippen LogP contribution in [0.1, 0.15) is 44.7 Å². The molecule has 0 heterocycles. The van der Waals surface area contributed by atoms with Crippen LogP contribution in [0.3, 0.4) is 0 Å². The minimum Gasteiger partial charge on any atom is -0.481 e. The van der Waals surface area contributed by atoms with Crippen molar-refractivity contribution in [1.29, 1.82) is 0 Å². The average Bonchev–Trinajstić information content (AvgIpc) is 3.26. The quantitative estimate of drug-likeness (QED) is 0.0380. The minimum absolute atomic E-state index is 0.0319. The van der Waals surface area contributed by atoms with E-state index in [1.165, 1.54) is 26.0 Å². The van der Waals surface area contributed by atoms with Crippen LogP contribution in [-0.2, 0) is 65.6 Å². The number of rotatable bonds is 28. The third kappa shape index (κ3) is 19.6. The third-order valence-corrected chi connectivity index (χ3v) is 9.61. The lowest BCUT2D eigenvalue weighted by Gasteiger charge is -2.26. The van der Waals surface area contributed by atoms with E-state index in [0.717, 1.165) is 6.92 Å². The maximum atomic E-state index is 13.8. The van der Waals surface area contributed by atoms with Gasteiger partial charge in [-0.3, -0.25) is 47.9 Å². The molecule has 0 bridgehead atoms. The van der Waals surface area contributed by atoms with E-state index in [1.54, 1.807) is 48.5 Å². The van der Waals surface area contributed by atoms with Crippen molar-refractivity contribution in [2.45, 2.75) is 94.9 Å². The van der Waals surface area contributed by atoms with Crippen LogP contribution in [0.15, 0.2) is 60.7 Å². The number of nitrogens with two attached hydrogens (primary N) is 1. The van der Waals surface area contributed by atoms with Crippen molar-refractivity contribution in [3.05, 3.63) is 71.8 Å². The zero-order valence-electron chi connectivity index (χ0n) is 36.7. The zero-order valence-corrected chi connectivity index (χ0v) is 36.7. The second kappa shape index (κ2) is 27.7. The van der Waals surface area contributed by atoms with Crippen LogP contribution < -0.4 is 48.3 Å². The molecule has 15 N–H and O–H groups in total. The zero-order chi connectivity index (χ0) is 50.4. The molecule has 0 saturated heterocycles. The van der Waals surface area contributed by atoms with Crippen LogP contribution in [-0.4, -0.2) is 159 Å². The molecule has 0 aromatic heterocycles. The smallest absolute Gasteiger partial charge is 0.326 e. The van der Waals surface area contributed by atoms with Crippen LogP contribution in [0.2, 0.25) is 0 Å². The van der Waals surface area contributed by atoms with Gasteiger partial charge in [0, 0.05) is 12.8 Å². The molecule has 0 fully saturated rings. The number of carboxylic acid groups (broad SMARTS) is 3. The third-order valence-electron chi connectivity index (χ3n) is 9.61. The summed E-state index contributed by atoms with van der Waals surface area (Å²) in [6.45, 7) is 1.62. The first-order chi connectivity index (χ1) is 31.6. The molecule has 0 aliphatic rings. The molecule has 0 unspecified atom stereocenters. The molecule has 0 saturated carbocycles. The van der Waals surface area contributed by atoms with Gasteiger partial charge in [-0.25, -0.2) is 4.79 Å². The molecule has 0 spiro atoms. The van der Waals surface area contributed by atoms with Crippen LogP contribution in [0, 0.1) is 5.92 Å². The molecular weight excluding hydrogens is 887 g/mol. The van der Waals surface area contributed by atoms with E-state index in [4.69, 9.17) is 5.73 Å². The summed E-state index contributed by atoms with van der Waals surface area (Å²) in [4.78, 5) is 140. The van der Waals surface area contributed by atoms with E-state index in [1.807, 2.05) is 0 Å². The molecular formula is C42H57N9O16. The Balaban J connectivity index is 2.27. The number of hydrogen-bond acceptors (Lipinski definition) is 14. The highest BCUT2D eigenvalue weighted by molar-refractivity contribution is 5.99. The predicted octanol–water partition coefficient (Wildman–Crippen LogP) is -5.00. The van der Waals surface area contributed by atoms with Gasteiger partial charge in [-0.2, -0.15) is 0 Å². The Bertz CT molecular complexity index is 2070. The molecule has 0 aliphatic carbocycles. The lowest BCUT2D eigenvalue weighted by atomic mass is 10.0. The first-order valence-corrected chi connectivity index (χ1v) is 20.7. The Labute approximate surface area is 383 Å². The summed E-state index contributed by atoms with van der Waals surface area (Å²) >= 11 is 0. The number of carbonyl (C=O) groups excluding carboxylic acids is 8. The number of hydrogen-bond donors (Lipinski definition) is 14. The van der Waals surface area contributed by atoms with E-state index in [-0.39, 0.29) is 12.8 Å². The summed E-state index contributed by atoms with van der Waals surface area (Å²) in [7, 11) is 0. The molecule has 8 amide bonds. The number of amides is 8. The molecule has 25 heteroatoms. The Morgan fingerprint density at radius 2 is 0.896 bits per heavy atom. The molecule has 0 aliphatic heterocycles. The summed E-state index contributed by atoms with van der Waals surface area (Å²) in [6.07, 6.45) is -4.13. The van der Waals surface area contributed by atoms with Crippen molar-refractivity contribution in [2.75, 3.05) is 19.7 Å². The predicted molar refractivity (Wildman–Crippen MR) is 232 cm³/mol. The largest absolute Gasteiger partial charge is 0.481 e.